The van der Waals surface area contributed by atoms with Crippen molar-refractivity contribution >= 4 is 21.9 Å². The van der Waals surface area contributed by atoms with Gasteiger partial charge in [-0.05, 0) is 31.0 Å². The Balaban J connectivity index is 2.17. The maximum Gasteiger partial charge on any atom is 0.339 e. The van der Waals surface area contributed by atoms with Crippen LogP contribution in [0.15, 0.2) is 21.1 Å². The summed E-state index contributed by atoms with van der Waals surface area (Å²) in [5.74, 6) is 0.223. The van der Waals surface area contributed by atoms with Gasteiger partial charge in [0, 0.05) is 10.9 Å². The summed E-state index contributed by atoms with van der Waals surface area (Å²) in [6.45, 7) is 3.87. The second-order valence-electron chi connectivity index (χ2n) is 4.55. The van der Waals surface area contributed by atoms with Crippen LogP contribution in [0, 0.1) is 6.92 Å². The summed E-state index contributed by atoms with van der Waals surface area (Å²) in [5, 5.41) is 13.0. The Morgan fingerprint density at radius 2 is 2.24 bits per heavy atom. The van der Waals surface area contributed by atoms with Gasteiger partial charge in [-0.25, -0.2) is 4.79 Å². The SMILES string of the molecule is CCCc1nc(COc2c(C)cc(Br)cc2C(=O)O)no1. The van der Waals surface area contributed by atoms with Crippen molar-refractivity contribution in [3.05, 3.63) is 39.4 Å². The highest BCUT2D eigenvalue weighted by Gasteiger charge is 2.16. The Labute approximate surface area is 130 Å². The molecule has 6 nitrogen and oxygen atoms in total. The molecule has 0 aliphatic carbocycles. The molecular weight excluding hydrogens is 340 g/mol. The van der Waals surface area contributed by atoms with Gasteiger partial charge in [0.05, 0.1) is 0 Å². The molecule has 1 aromatic carbocycles. The number of hydrogen-bond donors (Lipinski definition) is 1. The second kappa shape index (κ2) is 6.71. The molecule has 0 amide bonds. The number of ether oxygens (including phenoxy) is 1. The van der Waals surface area contributed by atoms with E-state index >= 15 is 0 Å². The van der Waals surface area contributed by atoms with Crippen LogP contribution >= 0.6 is 15.9 Å². The molecule has 7 heteroatoms. The zero-order chi connectivity index (χ0) is 15.4. The highest BCUT2D eigenvalue weighted by atomic mass is 79.9. The van der Waals surface area contributed by atoms with Gasteiger partial charge < -0.3 is 14.4 Å². The quantitative estimate of drug-likeness (QED) is 0.855. The van der Waals surface area contributed by atoms with Crippen LogP contribution in [0.1, 0.15) is 41.0 Å². The van der Waals surface area contributed by atoms with Gasteiger partial charge in [0.15, 0.2) is 6.61 Å². The lowest BCUT2D eigenvalue weighted by atomic mass is 10.1. The molecule has 1 N–H and O–H groups in total. The number of rotatable bonds is 6. The maximum absolute atomic E-state index is 11.3. The molecular formula is C14H15BrN2O4. The number of carboxylic acid groups (broad SMARTS) is 1. The van der Waals surface area contributed by atoms with Crippen LogP contribution in [-0.4, -0.2) is 21.2 Å². The molecule has 0 aliphatic rings. The number of benzene rings is 1. The van der Waals surface area contributed by atoms with Gasteiger partial charge in [-0.1, -0.05) is 28.0 Å². The van der Waals surface area contributed by atoms with Gasteiger partial charge in [-0.2, -0.15) is 4.98 Å². The van der Waals surface area contributed by atoms with Crippen molar-refractivity contribution in [2.24, 2.45) is 0 Å². The van der Waals surface area contributed by atoms with E-state index < -0.39 is 5.97 Å². The van der Waals surface area contributed by atoms with E-state index in [1.54, 1.807) is 13.0 Å². The summed E-state index contributed by atoms with van der Waals surface area (Å²) in [6, 6.07) is 3.30. The smallest absolute Gasteiger partial charge is 0.339 e. The predicted octanol–water partition coefficient (Wildman–Crippen LogP) is 3.37. The van der Waals surface area contributed by atoms with Gasteiger partial charge in [0.1, 0.15) is 11.3 Å². The standard InChI is InChI=1S/C14H15BrN2O4/c1-3-4-12-16-11(17-21-12)7-20-13-8(2)5-9(15)6-10(13)14(18)19/h5-6H,3-4,7H2,1-2H3,(H,18,19). The Morgan fingerprint density at radius 1 is 1.48 bits per heavy atom. The Hall–Kier alpha value is -1.89. The summed E-state index contributed by atoms with van der Waals surface area (Å²) in [7, 11) is 0. The third kappa shape index (κ3) is 3.81. The summed E-state index contributed by atoms with van der Waals surface area (Å²) in [6.07, 6.45) is 1.63. The molecule has 0 saturated carbocycles. The lowest BCUT2D eigenvalue weighted by Crippen LogP contribution is -2.06. The number of aromatic carboxylic acids is 1. The molecule has 2 rings (SSSR count). The van der Waals surface area contributed by atoms with Gasteiger partial charge in [0.2, 0.25) is 11.7 Å². The van der Waals surface area contributed by atoms with Crippen molar-refractivity contribution in [3.8, 4) is 5.75 Å². The molecule has 2 aromatic rings. The lowest BCUT2D eigenvalue weighted by Gasteiger charge is -2.11. The third-order valence-corrected chi connectivity index (χ3v) is 3.25. The molecule has 0 radical (unpaired) electrons. The summed E-state index contributed by atoms with van der Waals surface area (Å²) >= 11 is 3.27. The van der Waals surface area contributed by atoms with E-state index in [1.807, 2.05) is 6.92 Å². The lowest BCUT2D eigenvalue weighted by molar-refractivity contribution is 0.0691. The van der Waals surface area contributed by atoms with E-state index in [4.69, 9.17) is 9.26 Å². The van der Waals surface area contributed by atoms with Crippen molar-refractivity contribution in [1.82, 2.24) is 10.1 Å². The molecule has 0 bridgehead atoms. The van der Waals surface area contributed by atoms with E-state index in [9.17, 15) is 9.90 Å². The van der Waals surface area contributed by atoms with E-state index in [0.717, 1.165) is 12.0 Å². The number of carboxylic acids is 1. The minimum atomic E-state index is -1.05. The van der Waals surface area contributed by atoms with Crippen LogP contribution < -0.4 is 4.74 Å². The number of aryl methyl sites for hydroxylation is 2. The van der Waals surface area contributed by atoms with Crippen molar-refractivity contribution in [2.75, 3.05) is 0 Å². The minimum Gasteiger partial charge on any atom is -0.484 e. The average Bonchev–Trinajstić information content (AvgIpc) is 2.85. The van der Waals surface area contributed by atoms with Gasteiger partial charge in [-0.15, -0.1) is 0 Å². The first kappa shape index (κ1) is 15.5. The van der Waals surface area contributed by atoms with E-state index in [0.29, 0.717) is 28.4 Å². The molecule has 0 spiro atoms. The molecule has 0 saturated heterocycles. The molecule has 0 unspecified atom stereocenters. The zero-order valence-electron chi connectivity index (χ0n) is 11.7. The highest BCUT2D eigenvalue weighted by Crippen LogP contribution is 2.28. The van der Waals surface area contributed by atoms with Crippen molar-refractivity contribution < 1.29 is 19.2 Å². The van der Waals surface area contributed by atoms with Crippen LogP contribution in [0.25, 0.3) is 0 Å². The Morgan fingerprint density at radius 3 is 2.90 bits per heavy atom. The van der Waals surface area contributed by atoms with Gasteiger partial charge in [0.25, 0.3) is 0 Å². The maximum atomic E-state index is 11.3. The number of nitrogens with zero attached hydrogens (tertiary/aromatic N) is 2. The van der Waals surface area contributed by atoms with Crippen LogP contribution in [-0.2, 0) is 13.0 Å². The Bertz CT molecular complexity index is 654. The first-order valence-electron chi connectivity index (χ1n) is 6.49. The fourth-order valence-electron chi connectivity index (χ4n) is 1.88. The summed E-state index contributed by atoms with van der Waals surface area (Å²) < 4.78 is 11.3. The Kier molecular flexibility index (Phi) is 4.95. The number of hydrogen-bond acceptors (Lipinski definition) is 5. The fourth-order valence-corrected chi connectivity index (χ4v) is 2.45. The van der Waals surface area contributed by atoms with E-state index in [2.05, 4.69) is 26.1 Å². The van der Waals surface area contributed by atoms with E-state index in [1.165, 1.54) is 6.07 Å². The predicted molar refractivity (Wildman–Crippen MR) is 78.5 cm³/mol. The van der Waals surface area contributed by atoms with Crippen molar-refractivity contribution in [2.45, 2.75) is 33.3 Å². The first-order valence-corrected chi connectivity index (χ1v) is 7.28. The molecule has 21 heavy (non-hydrogen) atoms. The van der Waals surface area contributed by atoms with E-state index in [-0.39, 0.29) is 12.2 Å². The summed E-state index contributed by atoms with van der Waals surface area (Å²) in [5.41, 5.74) is 0.818. The topological polar surface area (TPSA) is 85.5 Å². The number of carbonyl (C=O) groups is 1. The molecule has 0 fully saturated rings. The van der Waals surface area contributed by atoms with Crippen LogP contribution in [0.5, 0.6) is 5.75 Å². The molecule has 1 heterocycles. The molecule has 0 atom stereocenters. The van der Waals surface area contributed by atoms with Gasteiger partial charge >= 0.3 is 5.97 Å². The third-order valence-electron chi connectivity index (χ3n) is 2.79. The monoisotopic (exact) mass is 354 g/mol. The van der Waals surface area contributed by atoms with Crippen LogP contribution in [0.4, 0.5) is 0 Å². The average molecular weight is 355 g/mol. The van der Waals surface area contributed by atoms with Crippen LogP contribution in [0.2, 0.25) is 0 Å². The normalized spacial score (nSPS) is 10.6. The summed E-state index contributed by atoms with van der Waals surface area (Å²) in [4.78, 5) is 15.5. The minimum absolute atomic E-state index is 0.0654. The largest absolute Gasteiger partial charge is 0.484 e. The fraction of sp³-hybridized carbons (Fsp3) is 0.357. The highest BCUT2D eigenvalue weighted by molar-refractivity contribution is 9.10. The van der Waals surface area contributed by atoms with Crippen molar-refractivity contribution in [1.29, 1.82) is 0 Å². The van der Waals surface area contributed by atoms with Crippen LogP contribution in [0.3, 0.4) is 0 Å². The first-order chi connectivity index (χ1) is 10.0. The number of aromatic nitrogens is 2. The van der Waals surface area contributed by atoms with Gasteiger partial charge in [-0.3, -0.25) is 0 Å². The molecule has 1 aromatic heterocycles. The van der Waals surface area contributed by atoms with Crippen molar-refractivity contribution in [3.63, 3.8) is 0 Å². The molecule has 0 aliphatic heterocycles. The second-order valence-corrected chi connectivity index (χ2v) is 5.46. The number of halogens is 1. The molecule has 112 valence electrons. The zero-order valence-corrected chi connectivity index (χ0v) is 13.3.